The van der Waals surface area contributed by atoms with Crippen LogP contribution in [0.2, 0.25) is 0 Å². The Morgan fingerprint density at radius 1 is 1.39 bits per heavy atom. The van der Waals surface area contributed by atoms with Gasteiger partial charge in [-0.25, -0.2) is 0 Å². The van der Waals surface area contributed by atoms with Gasteiger partial charge in [-0.05, 0) is 30.9 Å². The lowest BCUT2D eigenvalue weighted by molar-refractivity contribution is 0.0971. The molecule has 0 radical (unpaired) electrons. The van der Waals surface area contributed by atoms with Crippen molar-refractivity contribution in [2.24, 2.45) is 11.7 Å². The Morgan fingerprint density at radius 2 is 2.17 bits per heavy atom. The molecule has 0 spiro atoms. The second kappa shape index (κ2) is 4.50. The third kappa shape index (κ3) is 2.27. The van der Waals surface area contributed by atoms with Crippen LogP contribution in [0.1, 0.15) is 29.6 Å². The number of rotatable bonds is 4. The maximum atomic E-state index is 12.1. The molecular formula is C15H16N2O. The Kier molecular flexibility index (Phi) is 2.84. The quantitative estimate of drug-likeness (QED) is 0.835. The van der Waals surface area contributed by atoms with E-state index in [0.29, 0.717) is 17.9 Å². The van der Waals surface area contributed by atoms with Gasteiger partial charge in [-0.2, -0.15) is 0 Å². The predicted octanol–water partition coefficient (Wildman–Crippen LogP) is 2.54. The molecule has 0 saturated heterocycles. The fourth-order valence-electron chi connectivity index (χ4n) is 2.25. The third-order valence-electron chi connectivity index (χ3n) is 3.56. The summed E-state index contributed by atoms with van der Waals surface area (Å²) in [6, 6.07) is 9.74. The Bertz CT molecular complexity index is 590. The van der Waals surface area contributed by atoms with Crippen LogP contribution in [0, 0.1) is 5.92 Å². The number of nitrogens with zero attached hydrogens (tertiary/aromatic N) is 1. The second-order valence-electron chi connectivity index (χ2n) is 5.05. The van der Waals surface area contributed by atoms with Crippen molar-refractivity contribution in [3.63, 3.8) is 0 Å². The number of nitrogens with two attached hydrogens (primary N) is 1. The van der Waals surface area contributed by atoms with Gasteiger partial charge in [0, 0.05) is 29.6 Å². The van der Waals surface area contributed by atoms with Gasteiger partial charge in [-0.3, -0.25) is 9.78 Å². The van der Waals surface area contributed by atoms with Crippen molar-refractivity contribution in [1.29, 1.82) is 0 Å². The van der Waals surface area contributed by atoms with Gasteiger partial charge < -0.3 is 5.73 Å². The third-order valence-corrected chi connectivity index (χ3v) is 3.56. The zero-order chi connectivity index (χ0) is 12.5. The largest absolute Gasteiger partial charge is 0.327 e. The molecule has 2 N–H and O–H groups in total. The topological polar surface area (TPSA) is 56.0 Å². The first-order valence-electron chi connectivity index (χ1n) is 6.37. The molecule has 0 aliphatic heterocycles. The molecule has 1 aromatic carbocycles. The molecule has 0 amide bonds. The predicted molar refractivity (Wildman–Crippen MR) is 71.4 cm³/mol. The molecule has 1 atom stereocenters. The number of fused-ring (bicyclic) bond motifs is 1. The summed E-state index contributed by atoms with van der Waals surface area (Å²) in [6.45, 7) is 0. The second-order valence-corrected chi connectivity index (χ2v) is 5.05. The molecule has 2 aromatic rings. The Hall–Kier alpha value is -1.74. The molecule has 1 heterocycles. The highest BCUT2D eigenvalue weighted by molar-refractivity contribution is 5.99. The fraction of sp³-hybridized carbons (Fsp3) is 0.333. The summed E-state index contributed by atoms with van der Waals surface area (Å²) in [5.74, 6) is 0.662. The van der Waals surface area contributed by atoms with E-state index >= 15 is 0 Å². The number of aromatic nitrogens is 1. The minimum atomic E-state index is 0.0176. The zero-order valence-electron chi connectivity index (χ0n) is 10.2. The van der Waals surface area contributed by atoms with Crippen LogP contribution >= 0.6 is 0 Å². The maximum Gasteiger partial charge on any atom is 0.165 e. The molecule has 3 heteroatoms. The summed E-state index contributed by atoms with van der Waals surface area (Å²) in [5, 5.41) is 1.00. The van der Waals surface area contributed by atoms with Crippen LogP contribution in [0.15, 0.2) is 36.5 Å². The summed E-state index contributed by atoms with van der Waals surface area (Å²) < 4.78 is 0. The van der Waals surface area contributed by atoms with Gasteiger partial charge >= 0.3 is 0 Å². The number of pyridine rings is 1. The van der Waals surface area contributed by atoms with E-state index in [2.05, 4.69) is 4.98 Å². The van der Waals surface area contributed by atoms with Gasteiger partial charge in [-0.1, -0.05) is 18.2 Å². The number of Topliss-reactive ketones (excluding diaryl/α,β-unsaturated/α-hetero) is 1. The molecule has 1 unspecified atom stereocenters. The van der Waals surface area contributed by atoms with Gasteiger partial charge in [0.2, 0.25) is 0 Å². The number of carbonyl (C=O) groups excluding carboxylic acids is 1. The van der Waals surface area contributed by atoms with Crippen molar-refractivity contribution in [3.8, 4) is 0 Å². The zero-order valence-corrected chi connectivity index (χ0v) is 10.2. The molecule has 3 rings (SSSR count). The van der Waals surface area contributed by atoms with E-state index in [1.165, 1.54) is 12.8 Å². The Morgan fingerprint density at radius 3 is 2.94 bits per heavy atom. The fourth-order valence-corrected chi connectivity index (χ4v) is 2.25. The van der Waals surface area contributed by atoms with Crippen LogP contribution in [-0.2, 0) is 0 Å². The molecule has 0 bridgehead atoms. The van der Waals surface area contributed by atoms with Crippen molar-refractivity contribution >= 4 is 16.7 Å². The van der Waals surface area contributed by atoms with Crippen LogP contribution in [0.4, 0.5) is 0 Å². The van der Waals surface area contributed by atoms with Crippen molar-refractivity contribution in [2.45, 2.75) is 25.3 Å². The number of carbonyl (C=O) groups is 1. The molecule has 18 heavy (non-hydrogen) atoms. The van der Waals surface area contributed by atoms with Crippen molar-refractivity contribution in [1.82, 2.24) is 4.98 Å². The minimum Gasteiger partial charge on any atom is -0.327 e. The van der Waals surface area contributed by atoms with E-state index in [0.717, 1.165) is 10.9 Å². The van der Waals surface area contributed by atoms with Gasteiger partial charge in [0.15, 0.2) is 5.78 Å². The highest BCUT2D eigenvalue weighted by Crippen LogP contribution is 2.33. The lowest BCUT2D eigenvalue weighted by atomic mass is 10.0. The Labute approximate surface area is 106 Å². The lowest BCUT2D eigenvalue weighted by Gasteiger charge is -2.09. The average Bonchev–Trinajstić information content (AvgIpc) is 3.22. The summed E-state index contributed by atoms with van der Waals surface area (Å²) in [4.78, 5) is 16.4. The van der Waals surface area contributed by atoms with Crippen molar-refractivity contribution in [2.75, 3.05) is 0 Å². The van der Waals surface area contributed by atoms with Crippen LogP contribution in [-0.4, -0.2) is 16.8 Å². The van der Waals surface area contributed by atoms with E-state index in [4.69, 9.17) is 5.73 Å². The maximum absolute atomic E-state index is 12.1. The SMILES string of the molecule is NC(CC(=O)c1cnc2ccccc2c1)C1CC1. The normalized spacial score (nSPS) is 16.7. The minimum absolute atomic E-state index is 0.0176. The number of hydrogen-bond donors (Lipinski definition) is 1. The molecule has 1 aromatic heterocycles. The monoisotopic (exact) mass is 240 g/mol. The number of ketones is 1. The van der Waals surface area contributed by atoms with E-state index in [-0.39, 0.29) is 11.8 Å². The highest BCUT2D eigenvalue weighted by atomic mass is 16.1. The molecular weight excluding hydrogens is 224 g/mol. The molecule has 1 saturated carbocycles. The first kappa shape index (κ1) is 11.4. The summed E-state index contributed by atoms with van der Waals surface area (Å²) in [5.41, 5.74) is 7.58. The van der Waals surface area contributed by atoms with Gasteiger partial charge in [0.05, 0.1) is 5.52 Å². The lowest BCUT2D eigenvalue weighted by Crippen LogP contribution is -2.26. The van der Waals surface area contributed by atoms with Crippen molar-refractivity contribution < 1.29 is 4.79 Å². The van der Waals surface area contributed by atoms with Gasteiger partial charge in [0.25, 0.3) is 0 Å². The summed E-state index contributed by atoms with van der Waals surface area (Å²) >= 11 is 0. The van der Waals surface area contributed by atoms with E-state index in [1.807, 2.05) is 30.3 Å². The summed E-state index contributed by atoms with van der Waals surface area (Å²) in [6.07, 6.45) is 4.43. The van der Waals surface area contributed by atoms with Gasteiger partial charge in [-0.15, -0.1) is 0 Å². The molecule has 1 aliphatic rings. The van der Waals surface area contributed by atoms with Crippen LogP contribution in [0.5, 0.6) is 0 Å². The highest BCUT2D eigenvalue weighted by Gasteiger charge is 2.30. The van der Waals surface area contributed by atoms with E-state index in [1.54, 1.807) is 6.20 Å². The van der Waals surface area contributed by atoms with E-state index in [9.17, 15) is 4.79 Å². The smallest absolute Gasteiger partial charge is 0.165 e. The van der Waals surface area contributed by atoms with Crippen LogP contribution in [0.3, 0.4) is 0 Å². The van der Waals surface area contributed by atoms with Gasteiger partial charge in [0.1, 0.15) is 0 Å². The number of benzene rings is 1. The number of hydrogen-bond acceptors (Lipinski definition) is 3. The Balaban J connectivity index is 1.82. The molecule has 1 fully saturated rings. The number of para-hydroxylation sites is 1. The molecule has 3 nitrogen and oxygen atoms in total. The summed E-state index contributed by atoms with van der Waals surface area (Å²) in [7, 11) is 0. The first-order chi connectivity index (χ1) is 8.74. The molecule has 92 valence electrons. The van der Waals surface area contributed by atoms with Crippen LogP contribution in [0.25, 0.3) is 10.9 Å². The van der Waals surface area contributed by atoms with E-state index < -0.39 is 0 Å². The van der Waals surface area contributed by atoms with Crippen molar-refractivity contribution in [3.05, 3.63) is 42.1 Å². The first-order valence-corrected chi connectivity index (χ1v) is 6.37. The standard InChI is InChI=1S/C15H16N2O/c16-13(10-5-6-10)8-15(18)12-7-11-3-1-2-4-14(11)17-9-12/h1-4,7,9-10,13H,5-6,8,16H2. The van der Waals surface area contributed by atoms with Crippen LogP contribution < -0.4 is 5.73 Å². The average molecular weight is 240 g/mol. The molecule has 1 aliphatic carbocycles.